The first-order valence-corrected chi connectivity index (χ1v) is 25.4. The van der Waals surface area contributed by atoms with Gasteiger partial charge in [0.25, 0.3) is 0 Å². The van der Waals surface area contributed by atoms with E-state index >= 15 is 0 Å². The van der Waals surface area contributed by atoms with Gasteiger partial charge in [-0.1, -0.05) is 216 Å². The zero-order valence-corrected chi connectivity index (χ0v) is 39.9. The Kier molecular flexibility index (Phi) is 46.9. The minimum absolute atomic E-state index is 0.0990. The molecule has 0 amide bonds. The van der Waals surface area contributed by atoms with Crippen LogP contribution in [0.5, 0.6) is 0 Å². The van der Waals surface area contributed by atoms with E-state index in [9.17, 15) is 14.4 Å². The maximum Gasteiger partial charge on any atom is 0.306 e. The number of allylic oxidation sites excluding steroid dienone is 12. The predicted molar refractivity (Wildman–Crippen MR) is 261 cm³/mol. The molecule has 0 aliphatic carbocycles. The van der Waals surface area contributed by atoms with E-state index in [-0.39, 0.29) is 37.5 Å². The molecule has 0 bridgehead atoms. The molecule has 61 heavy (non-hydrogen) atoms. The molecule has 6 heteroatoms. The van der Waals surface area contributed by atoms with Gasteiger partial charge in [0.2, 0.25) is 0 Å². The second-order valence-electron chi connectivity index (χ2n) is 16.7. The first kappa shape index (κ1) is 57.9. The van der Waals surface area contributed by atoms with Crippen molar-refractivity contribution in [3.8, 4) is 0 Å². The molecule has 0 saturated heterocycles. The topological polar surface area (TPSA) is 78.9 Å². The minimum Gasteiger partial charge on any atom is -0.462 e. The van der Waals surface area contributed by atoms with Crippen LogP contribution in [0.3, 0.4) is 0 Å². The van der Waals surface area contributed by atoms with Gasteiger partial charge in [-0.15, -0.1) is 0 Å². The van der Waals surface area contributed by atoms with Crippen LogP contribution in [0.4, 0.5) is 0 Å². The molecule has 6 nitrogen and oxygen atoms in total. The van der Waals surface area contributed by atoms with Gasteiger partial charge in [-0.05, 0) is 77.0 Å². The summed E-state index contributed by atoms with van der Waals surface area (Å²) in [4.78, 5) is 37.9. The smallest absolute Gasteiger partial charge is 0.306 e. The molecule has 0 fully saturated rings. The maximum absolute atomic E-state index is 12.8. The summed E-state index contributed by atoms with van der Waals surface area (Å²) in [6.07, 6.45) is 61.8. The molecule has 0 radical (unpaired) electrons. The third-order valence-electron chi connectivity index (χ3n) is 10.7. The maximum atomic E-state index is 12.8. The van der Waals surface area contributed by atoms with Gasteiger partial charge in [0, 0.05) is 19.3 Å². The summed E-state index contributed by atoms with van der Waals surface area (Å²) < 4.78 is 16.7. The molecule has 0 saturated carbocycles. The minimum atomic E-state index is -0.805. The van der Waals surface area contributed by atoms with Crippen molar-refractivity contribution in [2.45, 2.75) is 245 Å². The van der Waals surface area contributed by atoms with Crippen molar-refractivity contribution in [3.05, 3.63) is 72.9 Å². The largest absolute Gasteiger partial charge is 0.462 e. The van der Waals surface area contributed by atoms with Crippen molar-refractivity contribution < 1.29 is 28.6 Å². The predicted octanol–water partition coefficient (Wildman–Crippen LogP) is 16.6. The Morgan fingerprint density at radius 2 is 0.672 bits per heavy atom. The Morgan fingerprint density at radius 1 is 0.344 bits per heavy atom. The Hall–Kier alpha value is -3.15. The number of esters is 3. The number of rotatable bonds is 45. The number of hydrogen-bond acceptors (Lipinski definition) is 6. The van der Waals surface area contributed by atoms with Crippen LogP contribution in [0.15, 0.2) is 72.9 Å². The molecule has 0 unspecified atom stereocenters. The van der Waals surface area contributed by atoms with Crippen LogP contribution in [0.25, 0.3) is 0 Å². The fourth-order valence-corrected chi connectivity index (χ4v) is 6.87. The van der Waals surface area contributed by atoms with E-state index in [0.29, 0.717) is 19.3 Å². The summed E-state index contributed by atoms with van der Waals surface area (Å²) in [7, 11) is 0. The number of carbonyl (C=O) groups is 3. The van der Waals surface area contributed by atoms with E-state index in [1.165, 1.54) is 103 Å². The fourth-order valence-electron chi connectivity index (χ4n) is 6.87. The van der Waals surface area contributed by atoms with Crippen LogP contribution in [-0.2, 0) is 28.6 Å². The summed E-state index contributed by atoms with van der Waals surface area (Å²) in [5.74, 6) is -0.966. The lowest BCUT2D eigenvalue weighted by Gasteiger charge is -2.18. The van der Waals surface area contributed by atoms with Gasteiger partial charge in [0.15, 0.2) is 6.10 Å². The molecular weight excluding hydrogens is 757 g/mol. The van der Waals surface area contributed by atoms with Gasteiger partial charge < -0.3 is 14.2 Å². The summed E-state index contributed by atoms with van der Waals surface area (Å²) in [6.45, 7) is 6.43. The summed E-state index contributed by atoms with van der Waals surface area (Å²) in [5, 5.41) is 0. The molecule has 0 aromatic heterocycles. The van der Waals surface area contributed by atoms with E-state index in [2.05, 4.69) is 93.7 Å². The highest BCUT2D eigenvalue weighted by Crippen LogP contribution is 2.15. The summed E-state index contributed by atoms with van der Waals surface area (Å²) in [5.41, 5.74) is 0. The number of hydrogen-bond donors (Lipinski definition) is 0. The van der Waals surface area contributed by atoms with E-state index in [1.54, 1.807) is 0 Å². The molecule has 350 valence electrons. The molecular formula is C55H94O6. The molecule has 0 spiro atoms. The van der Waals surface area contributed by atoms with Gasteiger partial charge in [-0.2, -0.15) is 0 Å². The second-order valence-corrected chi connectivity index (χ2v) is 16.7. The molecule has 0 N–H and O–H groups in total. The van der Waals surface area contributed by atoms with Crippen molar-refractivity contribution in [2.75, 3.05) is 13.2 Å². The lowest BCUT2D eigenvalue weighted by molar-refractivity contribution is -0.167. The molecule has 0 rings (SSSR count). The van der Waals surface area contributed by atoms with Crippen LogP contribution in [0.1, 0.15) is 239 Å². The van der Waals surface area contributed by atoms with Crippen molar-refractivity contribution >= 4 is 17.9 Å². The highest BCUT2D eigenvalue weighted by molar-refractivity contribution is 5.71. The van der Waals surface area contributed by atoms with Crippen molar-refractivity contribution in [2.24, 2.45) is 0 Å². The van der Waals surface area contributed by atoms with Crippen LogP contribution >= 0.6 is 0 Å². The van der Waals surface area contributed by atoms with Gasteiger partial charge in [0.1, 0.15) is 13.2 Å². The molecule has 0 aromatic rings. The highest BCUT2D eigenvalue weighted by Gasteiger charge is 2.19. The average Bonchev–Trinajstić information content (AvgIpc) is 3.26. The van der Waals surface area contributed by atoms with Crippen LogP contribution in [-0.4, -0.2) is 37.2 Å². The number of unbranched alkanes of at least 4 members (excludes halogenated alkanes) is 22. The summed E-state index contributed by atoms with van der Waals surface area (Å²) >= 11 is 0. The van der Waals surface area contributed by atoms with E-state index in [4.69, 9.17) is 14.2 Å². The molecule has 0 aromatic carbocycles. The lowest BCUT2D eigenvalue weighted by Crippen LogP contribution is -2.30. The standard InChI is InChI=1S/C55H94O6/c1-4-7-10-13-16-19-22-24-26-27-29-31-34-37-40-43-46-49-55(58)61-52(50-59-53(56)47-44-41-38-35-32-21-18-15-12-9-6-3)51-60-54(57)48-45-42-39-36-33-30-28-25-23-20-17-14-11-8-5-2/h7,10,15-16,18-19,24,26,29,31,37,40,52H,4-6,8-9,11-14,17,20-23,25,27-28,30,32-36,38-39,41-51H2,1-3H3/b10-7-,18-15-,19-16-,26-24-,31-29-,40-37-/t52-/m1/s1. The Balaban J connectivity index is 4.46. The first-order chi connectivity index (χ1) is 30.0. The normalized spacial score (nSPS) is 12.6. The van der Waals surface area contributed by atoms with Gasteiger partial charge in [0.05, 0.1) is 0 Å². The third-order valence-corrected chi connectivity index (χ3v) is 10.7. The van der Waals surface area contributed by atoms with E-state index < -0.39 is 6.10 Å². The average molecular weight is 851 g/mol. The zero-order chi connectivity index (χ0) is 44.4. The van der Waals surface area contributed by atoms with Gasteiger partial charge >= 0.3 is 17.9 Å². The molecule has 0 aliphatic rings. The van der Waals surface area contributed by atoms with Gasteiger partial charge in [-0.25, -0.2) is 0 Å². The number of ether oxygens (including phenoxy) is 3. The van der Waals surface area contributed by atoms with Gasteiger partial charge in [-0.3, -0.25) is 14.4 Å². The molecule has 0 heterocycles. The monoisotopic (exact) mass is 851 g/mol. The first-order valence-electron chi connectivity index (χ1n) is 25.4. The Morgan fingerprint density at radius 3 is 1.11 bits per heavy atom. The fraction of sp³-hybridized carbons (Fsp3) is 0.727. The Bertz CT molecular complexity index is 1160. The molecule has 0 aliphatic heterocycles. The SMILES string of the molecule is CC/C=C\C/C=C\C/C=C\C/C=C\C/C=C\CCCC(=O)O[C@H](COC(=O)CCCCCCC/C=C\CCCC)COC(=O)CCCCCCCCCCCCCCCCC. The van der Waals surface area contributed by atoms with E-state index in [0.717, 1.165) is 89.9 Å². The quantitative estimate of drug-likeness (QED) is 0.0263. The summed E-state index contributed by atoms with van der Waals surface area (Å²) in [6, 6.07) is 0. The van der Waals surface area contributed by atoms with Crippen LogP contribution < -0.4 is 0 Å². The highest BCUT2D eigenvalue weighted by atomic mass is 16.6. The van der Waals surface area contributed by atoms with Crippen molar-refractivity contribution in [1.29, 1.82) is 0 Å². The molecule has 1 atom stereocenters. The van der Waals surface area contributed by atoms with Crippen molar-refractivity contribution in [1.82, 2.24) is 0 Å². The van der Waals surface area contributed by atoms with Crippen LogP contribution in [0, 0.1) is 0 Å². The van der Waals surface area contributed by atoms with E-state index in [1.807, 2.05) is 0 Å². The van der Waals surface area contributed by atoms with Crippen molar-refractivity contribution in [3.63, 3.8) is 0 Å². The Labute approximate surface area is 376 Å². The zero-order valence-electron chi connectivity index (χ0n) is 39.9. The van der Waals surface area contributed by atoms with Crippen LogP contribution in [0.2, 0.25) is 0 Å². The number of carbonyl (C=O) groups excluding carboxylic acids is 3. The lowest BCUT2D eigenvalue weighted by atomic mass is 10.0. The second kappa shape index (κ2) is 49.5. The third kappa shape index (κ3) is 47.7.